The van der Waals surface area contributed by atoms with Gasteiger partial charge < -0.3 is 15.3 Å². The summed E-state index contributed by atoms with van der Waals surface area (Å²) in [5.74, 6) is -0.820. The molecular weight excluding hydrogens is 546 g/mol. The van der Waals surface area contributed by atoms with Crippen LogP contribution >= 0.6 is 15.9 Å². The van der Waals surface area contributed by atoms with E-state index in [0.29, 0.717) is 17.2 Å². The van der Waals surface area contributed by atoms with E-state index in [-0.39, 0.29) is 30.8 Å². The van der Waals surface area contributed by atoms with Crippen LogP contribution in [0, 0.1) is 5.92 Å². The summed E-state index contributed by atoms with van der Waals surface area (Å²) in [6.07, 6.45) is 6.53. The van der Waals surface area contributed by atoms with Crippen LogP contribution in [0.5, 0.6) is 0 Å². The molecule has 7 nitrogen and oxygen atoms in total. The summed E-state index contributed by atoms with van der Waals surface area (Å²) < 4.78 is 0.912. The van der Waals surface area contributed by atoms with Crippen LogP contribution in [0.15, 0.2) is 58.0 Å². The van der Waals surface area contributed by atoms with Crippen molar-refractivity contribution in [2.75, 3.05) is 6.54 Å². The van der Waals surface area contributed by atoms with Gasteiger partial charge in [-0.15, -0.1) is 0 Å². The van der Waals surface area contributed by atoms with Crippen molar-refractivity contribution in [1.29, 1.82) is 0 Å². The van der Waals surface area contributed by atoms with Crippen LogP contribution in [-0.4, -0.2) is 45.7 Å². The highest BCUT2D eigenvalue weighted by Gasteiger charge is 2.50. The Hall–Kier alpha value is -3.00. The molecule has 0 radical (unpaired) electrons. The molecule has 4 rings (SSSR count). The van der Waals surface area contributed by atoms with Gasteiger partial charge in [0.1, 0.15) is 11.4 Å². The smallest absolute Gasteiger partial charge is 0.305 e. The third kappa shape index (κ3) is 6.34. The second-order valence-electron chi connectivity index (χ2n) is 10.7. The molecule has 0 aromatic heterocycles. The number of hydrogen-bond donors (Lipinski definition) is 2. The minimum atomic E-state index is -0.954. The SMILES string of the molecule is CC(C)CC[C@H](c1ccc(C(=O)NCCC(=O)O)cc1)N1C(=O)C(c2cccc(Br)c2)=NC12CCCCC2. The van der Waals surface area contributed by atoms with E-state index in [1.165, 1.54) is 0 Å². The first-order valence-electron chi connectivity index (χ1n) is 13.5. The molecule has 8 heteroatoms. The number of carboxylic acid groups (broad SMARTS) is 1. The van der Waals surface area contributed by atoms with E-state index in [9.17, 15) is 14.4 Å². The van der Waals surface area contributed by atoms with E-state index < -0.39 is 11.6 Å². The second kappa shape index (κ2) is 12.2. The number of hydrogen-bond acceptors (Lipinski definition) is 4. The van der Waals surface area contributed by atoms with Crippen LogP contribution in [0.4, 0.5) is 0 Å². The topological polar surface area (TPSA) is 99.1 Å². The molecule has 1 aliphatic carbocycles. The van der Waals surface area contributed by atoms with Gasteiger partial charge in [0.25, 0.3) is 11.8 Å². The number of carboxylic acids is 1. The van der Waals surface area contributed by atoms with E-state index in [2.05, 4.69) is 35.1 Å². The number of aliphatic imine (C=N–C) groups is 1. The van der Waals surface area contributed by atoms with Crippen molar-refractivity contribution < 1.29 is 19.5 Å². The molecule has 2 aromatic carbocycles. The number of amides is 2. The van der Waals surface area contributed by atoms with Gasteiger partial charge in [0.2, 0.25) is 0 Å². The van der Waals surface area contributed by atoms with Gasteiger partial charge in [-0.3, -0.25) is 19.4 Å². The first-order chi connectivity index (χ1) is 18.2. The van der Waals surface area contributed by atoms with Crippen molar-refractivity contribution in [2.24, 2.45) is 10.9 Å². The molecule has 2 aromatic rings. The molecule has 1 fully saturated rings. The van der Waals surface area contributed by atoms with E-state index >= 15 is 0 Å². The lowest BCUT2D eigenvalue weighted by molar-refractivity contribution is -0.137. The summed E-state index contributed by atoms with van der Waals surface area (Å²) in [4.78, 5) is 44.7. The Morgan fingerprint density at radius 2 is 1.79 bits per heavy atom. The average molecular weight is 583 g/mol. The van der Waals surface area contributed by atoms with Gasteiger partial charge in [0.15, 0.2) is 0 Å². The minimum absolute atomic E-state index is 0.0331. The maximum absolute atomic E-state index is 14.2. The van der Waals surface area contributed by atoms with Gasteiger partial charge in [-0.1, -0.05) is 60.5 Å². The summed E-state index contributed by atoms with van der Waals surface area (Å²) >= 11 is 3.54. The van der Waals surface area contributed by atoms with Crippen molar-refractivity contribution in [1.82, 2.24) is 10.2 Å². The molecule has 1 spiro atoms. The molecule has 1 saturated carbocycles. The normalized spacial score (nSPS) is 17.5. The average Bonchev–Trinajstić information content (AvgIpc) is 3.16. The number of rotatable bonds is 10. The van der Waals surface area contributed by atoms with E-state index in [0.717, 1.165) is 60.5 Å². The minimum Gasteiger partial charge on any atom is -0.481 e. The maximum atomic E-state index is 14.2. The predicted molar refractivity (Wildman–Crippen MR) is 151 cm³/mol. The Kier molecular flexibility index (Phi) is 9.03. The molecule has 1 atom stereocenters. The zero-order valence-corrected chi connectivity index (χ0v) is 23.7. The summed E-state index contributed by atoms with van der Waals surface area (Å²) in [5, 5.41) is 11.5. The summed E-state index contributed by atoms with van der Waals surface area (Å²) in [6.45, 7) is 4.45. The Morgan fingerprint density at radius 3 is 2.42 bits per heavy atom. The van der Waals surface area contributed by atoms with Crippen molar-refractivity contribution in [2.45, 2.75) is 76.9 Å². The number of benzene rings is 2. The fraction of sp³-hybridized carbons (Fsp3) is 0.467. The molecule has 38 heavy (non-hydrogen) atoms. The number of nitrogens with one attached hydrogen (secondary N) is 1. The van der Waals surface area contributed by atoms with Crippen molar-refractivity contribution in [3.8, 4) is 0 Å². The monoisotopic (exact) mass is 581 g/mol. The Morgan fingerprint density at radius 1 is 1.08 bits per heavy atom. The Labute approximate surface area is 232 Å². The van der Waals surface area contributed by atoms with E-state index in [4.69, 9.17) is 10.1 Å². The highest BCUT2D eigenvalue weighted by atomic mass is 79.9. The molecule has 202 valence electrons. The first-order valence-corrected chi connectivity index (χ1v) is 14.3. The molecule has 1 aliphatic heterocycles. The third-order valence-electron chi connectivity index (χ3n) is 7.45. The van der Waals surface area contributed by atoms with Gasteiger partial charge in [-0.2, -0.15) is 0 Å². The third-order valence-corrected chi connectivity index (χ3v) is 7.95. The first kappa shape index (κ1) is 28.0. The number of nitrogens with zero attached hydrogens (tertiary/aromatic N) is 2. The lowest BCUT2D eigenvalue weighted by atomic mass is 9.85. The zero-order chi connectivity index (χ0) is 27.3. The van der Waals surface area contributed by atoms with Crippen LogP contribution in [0.1, 0.15) is 92.7 Å². The van der Waals surface area contributed by atoms with E-state index in [1.807, 2.05) is 41.3 Å². The molecule has 2 aliphatic rings. The number of halogens is 1. The van der Waals surface area contributed by atoms with Crippen molar-refractivity contribution in [3.05, 3.63) is 69.7 Å². The fourth-order valence-corrected chi connectivity index (χ4v) is 5.92. The number of aliphatic carboxylic acids is 1. The highest BCUT2D eigenvalue weighted by molar-refractivity contribution is 9.10. The van der Waals surface area contributed by atoms with Crippen LogP contribution in [0.3, 0.4) is 0 Å². The number of carbonyl (C=O) groups excluding carboxylic acids is 2. The largest absolute Gasteiger partial charge is 0.481 e. The van der Waals surface area contributed by atoms with Gasteiger partial charge in [-0.25, -0.2) is 0 Å². The Bertz CT molecular complexity index is 1200. The van der Waals surface area contributed by atoms with Gasteiger partial charge >= 0.3 is 5.97 Å². The molecular formula is C30H36BrN3O4. The lowest BCUT2D eigenvalue weighted by Gasteiger charge is -2.44. The van der Waals surface area contributed by atoms with Crippen molar-refractivity contribution >= 4 is 39.4 Å². The quantitative estimate of drug-likeness (QED) is 0.353. The summed E-state index contributed by atoms with van der Waals surface area (Å²) in [7, 11) is 0. The van der Waals surface area contributed by atoms with Crippen LogP contribution in [0.2, 0.25) is 0 Å². The zero-order valence-electron chi connectivity index (χ0n) is 22.1. The second-order valence-corrected chi connectivity index (χ2v) is 11.6. The molecule has 0 saturated heterocycles. The molecule has 1 heterocycles. The van der Waals surface area contributed by atoms with Gasteiger partial charge in [0, 0.05) is 22.1 Å². The lowest BCUT2D eigenvalue weighted by Crippen LogP contribution is -2.50. The van der Waals surface area contributed by atoms with Crippen LogP contribution in [0.25, 0.3) is 0 Å². The molecule has 0 bridgehead atoms. The van der Waals surface area contributed by atoms with Crippen LogP contribution in [-0.2, 0) is 9.59 Å². The van der Waals surface area contributed by atoms with Crippen molar-refractivity contribution in [3.63, 3.8) is 0 Å². The van der Waals surface area contributed by atoms with Crippen LogP contribution < -0.4 is 5.32 Å². The van der Waals surface area contributed by atoms with Gasteiger partial charge in [0.05, 0.1) is 12.5 Å². The standard InChI is InChI=1S/C30H36BrN3O4/c1-20(2)9-14-25(21-10-12-22(13-11-21)28(37)32-18-15-26(35)36)34-29(38)27(23-7-6-8-24(31)19-23)33-30(34)16-4-3-5-17-30/h6-8,10-13,19-20,25H,3-5,9,14-18H2,1-2H3,(H,32,37)(H,35,36)/t25-/m1/s1. The number of carbonyl (C=O) groups is 3. The molecule has 2 amide bonds. The highest BCUT2D eigenvalue weighted by Crippen LogP contribution is 2.46. The molecule has 2 N–H and O–H groups in total. The predicted octanol–water partition coefficient (Wildman–Crippen LogP) is 6.12. The molecule has 0 unspecified atom stereocenters. The summed E-state index contributed by atoms with van der Waals surface area (Å²) in [6, 6.07) is 15.0. The van der Waals surface area contributed by atoms with Gasteiger partial charge in [-0.05, 0) is 74.3 Å². The fourth-order valence-electron chi connectivity index (χ4n) is 5.52. The summed E-state index contributed by atoms with van der Waals surface area (Å²) in [5.41, 5.74) is 2.25. The van der Waals surface area contributed by atoms with E-state index in [1.54, 1.807) is 12.1 Å². The maximum Gasteiger partial charge on any atom is 0.305 e. The Balaban J connectivity index is 1.67.